The predicted molar refractivity (Wildman–Crippen MR) is 95.9 cm³/mol. The minimum atomic E-state index is -3.91. The van der Waals surface area contributed by atoms with Crippen molar-refractivity contribution in [2.45, 2.75) is 11.8 Å². The van der Waals surface area contributed by atoms with Gasteiger partial charge in [-0.1, -0.05) is 35.3 Å². The lowest BCUT2D eigenvalue weighted by molar-refractivity contribution is 0.580. The van der Waals surface area contributed by atoms with Crippen LogP contribution in [0.25, 0.3) is 11.3 Å². The van der Waals surface area contributed by atoms with Crippen molar-refractivity contribution in [3.05, 3.63) is 64.3 Å². The summed E-state index contributed by atoms with van der Waals surface area (Å²) in [6, 6.07) is 12.6. The summed E-state index contributed by atoms with van der Waals surface area (Å²) >= 11 is 12.2. The maximum atomic E-state index is 12.9. The Kier molecular flexibility index (Phi) is 4.29. The Morgan fingerprint density at radius 3 is 2.17 bits per heavy atom. The van der Waals surface area contributed by atoms with E-state index in [1.807, 2.05) is 0 Å². The molecule has 0 atom stereocenters. The smallest absolute Gasteiger partial charge is 0.283 e. The first-order valence-electron chi connectivity index (χ1n) is 6.93. The Balaban J connectivity index is 2.23. The van der Waals surface area contributed by atoms with Crippen molar-refractivity contribution in [3.63, 3.8) is 0 Å². The molecule has 0 aliphatic rings. The zero-order chi connectivity index (χ0) is 17.5. The van der Waals surface area contributed by atoms with E-state index in [0.717, 1.165) is 4.09 Å². The number of rotatable bonds is 3. The number of nitrogen functional groups attached to an aromatic ring is 1. The van der Waals surface area contributed by atoms with Crippen molar-refractivity contribution < 1.29 is 8.42 Å². The van der Waals surface area contributed by atoms with Crippen molar-refractivity contribution in [2.24, 2.45) is 0 Å². The molecule has 0 aliphatic carbocycles. The van der Waals surface area contributed by atoms with Crippen LogP contribution >= 0.6 is 23.2 Å². The third-order valence-electron chi connectivity index (χ3n) is 3.48. The third-order valence-corrected chi connectivity index (χ3v) is 5.77. The Labute approximate surface area is 149 Å². The van der Waals surface area contributed by atoms with Gasteiger partial charge in [0.15, 0.2) is 0 Å². The zero-order valence-corrected chi connectivity index (χ0v) is 14.9. The number of aromatic nitrogens is 2. The van der Waals surface area contributed by atoms with Crippen molar-refractivity contribution in [1.82, 2.24) is 9.19 Å². The van der Waals surface area contributed by atoms with E-state index >= 15 is 0 Å². The molecule has 24 heavy (non-hydrogen) atoms. The fraction of sp³-hybridized carbons (Fsp3) is 0.0625. The highest BCUT2D eigenvalue weighted by Crippen LogP contribution is 2.33. The van der Waals surface area contributed by atoms with Gasteiger partial charge in [-0.05, 0) is 43.3 Å². The minimum Gasteiger partial charge on any atom is -0.399 e. The monoisotopic (exact) mass is 381 g/mol. The maximum Gasteiger partial charge on any atom is 0.283 e. The second-order valence-electron chi connectivity index (χ2n) is 5.17. The van der Waals surface area contributed by atoms with E-state index in [4.69, 9.17) is 28.9 Å². The summed E-state index contributed by atoms with van der Waals surface area (Å²) in [5.41, 5.74) is 7.41. The van der Waals surface area contributed by atoms with Crippen molar-refractivity contribution in [1.29, 1.82) is 0 Å². The molecular formula is C16H13Cl2N3O2S. The summed E-state index contributed by atoms with van der Waals surface area (Å²) in [6.07, 6.45) is 0. The largest absolute Gasteiger partial charge is 0.399 e. The van der Waals surface area contributed by atoms with E-state index < -0.39 is 10.0 Å². The molecule has 0 spiro atoms. The number of hydrogen-bond donors (Lipinski definition) is 1. The standard InChI is InChI=1S/C16H13Cl2N3O2S/c1-10-15(18)16(11-2-4-12(17)5-3-11)21(20-10)24(22,23)14-8-6-13(19)7-9-14/h2-9H,19H2,1H3. The first-order valence-corrected chi connectivity index (χ1v) is 9.12. The summed E-state index contributed by atoms with van der Waals surface area (Å²) in [6.45, 7) is 1.65. The van der Waals surface area contributed by atoms with Crippen LogP contribution in [0.3, 0.4) is 0 Å². The van der Waals surface area contributed by atoms with Gasteiger partial charge >= 0.3 is 0 Å². The number of benzene rings is 2. The first-order chi connectivity index (χ1) is 11.3. The van der Waals surface area contributed by atoms with E-state index in [1.54, 1.807) is 31.2 Å². The maximum absolute atomic E-state index is 12.9. The Bertz CT molecular complexity index is 995. The van der Waals surface area contributed by atoms with Crippen LogP contribution < -0.4 is 5.73 Å². The molecule has 0 unspecified atom stereocenters. The van der Waals surface area contributed by atoms with Gasteiger partial charge in [0.25, 0.3) is 10.0 Å². The van der Waals surface area contributed by atoms with Crippen molar-refractivity contribution >= 4 is 38.9 Å². The fourth-order valence-electron chi connectivity index (χ4n) is 2.24. The molecule has 8 heteroatoms. The van der Waals surface area contributed by atoms with Gasteiger partial charge in [-0.2, -0.15) is 17.6 Å². The molecule has 5 nitrogen and oxygen atoms in total. The van der Waals surface area contributed by atoms with Crippen LogP contribution in [-0.4, -0.2) is 17.6 Å². The first kappa shape index (κ1) is 16.8. The minimum absolute atomic E-state index is 0.0751. The lowest BCUT2D eigenvalue weighted by atomic mass is 10.1. The van der Waals surface area contributed by atoms with Crippen LogP contribution in [0, 0.1) is 6.92 Å². The molecule has 1 aromatic heterocycles. The van der Waals surface area contributed by atoms with E-state index in [1.165, 1.54) is 24.3 Å². The normalized spacial score (nSPS) is 11.6. The molecule has 0 aliphatic heterocycles. The zero-order valence-electron chi connectivity index (χ0n) is 12.6. The molecule has 0 radical (unpaired) electrons. The number of nitrogens with zero attached hydrogens (tertiary/aromatic N) is 2. The van der Waals surface area contributed by atoms with Gasteiger partial charge in [-0.15, -0.1) is 0 Å². The number of anilines is 1. The van der Waals surface area contributed by atoms with E-state index in [2.05, 4.69) is 5.10 Å². The van der Waals surface area contributed by atoms with Crippen molar-refractivity contribution in [2.75, 3.05) is 5.73 Å². The molecule has 2 aromatic carbocycles. The average molecular weight is 382 g/mol. The fourth-order valence-corrected chi connectivity index (χ4v) is 3.99. The van der Waals surface area contributed by atoms with E-state index in [-0.39, 0.29) is 9.92 Å². The van der Waals surface area contributed by atoms with Crippen LogP contribution in [0.4, 0.5) is 5.69 Å². The van der Waals surface area contributed by atoms with Gasteiger partial charge < -0.3 is 5.73 Å². The van der Waals surface area contributed by atoms with Gasteiger partial charge in [-0.3, -0.25) is 0 Å². The van der Waals surface area contributed by atoms with Gasteiger partial charge in [0.2, 0.25) is 0 Å². The molecule has 0 fully saturated rings. The lowest BCUT2D eigenvalue weighted by Gasteiger charge is -2.10. The molecule has 1 heterocycles. The van der Waals surface area contributed by atoms with Gasteiger partial charge in [-0.25, -0.2) is 0 Å². The summed E-state index contributed by atoms with van der Waals surface area (Å²) in [5, 5.41) is 4.93. The number of halogens is 2. The Morgan fingerprint density at radius 2 is 1.58 bits per heavy atom. The molecule has 2 N–H and O–H groups in total. The van der Waals surface area contributed by atoms with Crippen LogP contribution in [0.1, 0.15) is 5.69 Å². The predicted octanol–water partition coefficient (Wildman–Crippen LogP) is 3.98. The molecule has 3 rings (SSSR count). The lowest BCUT2D eigenvalue weighted by Crippen LogP contribution is -2.16. The highest BCUT2D eigenvalue weighted by Gasteiger charge is 2.26. The van der Waals surface area contributed by atoms with Crippen LogP contribution in [0.2, 0.25) is 10.0 Å². The van der Waals surface area contributed by atoms with Crippen LogP contribution in [-0.2, 0) is 10.0 Å². The third kappa shape index (κ3) is 2.88. The van der Waals surface area contributed by atoms with Gasteiger partial charge in [0.05, 0.1) is 15.6 Å². The summed E-state index contributed by atoms with van der Waals surface area (Å²) in [5.74, 6) is 0. The quantitative estimate of drug-likeness (QED) is 0.695. The number of nitrogens with two attached hydrogens (primary N) is 1. The molecule has 0 saturated carbocycles. The molecule has 0 bridgehead atoms. The molecule has 0 saturated heterocycles. The second kappa shape index (κ2) is 6.12. The van der Waals surface area contributed by atoms with Crippen molar-refractivity contribution in [3.8, 4) is 11.3 Å². The summed E-state index contributed by atoms with van der Waals surface area (Å²) in [4.78, 5) is 0.0751. The van der Waals surface area contributed by atoms with Gasteiger partial charge in [0.1, 0.15) is 5.69 Å². The molecule has 3 aromatic rings. The van der Waals surface area contributed by atoms with Crippen LogP contribution in [0.15, 0.2) is 53.4 Å². The SMILES string of the molecule is Cc1nn(S(=O)(=O)c2ccc(N)cc2)c(-c2ccc(Cl)cc2)c1Cl. The highest BCUT2D eigenvalue weighted by molar-refractivity contribution is 7.90. The summed E-state index contributed by atoms with van der Waals surface area (Å²) < 4.78 is 26.8. The van der Waals surface area contributed by atoms with E-state index in [9.17, 15) is 8.42 Å². The van der Waals surface area contributed by atoms with E-state index in [0.29, 0.717) is 27.7 Å². The molecular weight excluding hydrogens is 369 g/mol. The number of aryl methyl sites for hydroxylation is 1. The van der Waals surface area contributed by atoms with Gasteiger partial charge in [0, 0.05) is 16.3 Å². The van der Waals surface area contributed by atoms with Crippen LogP contribution in [0.5, 0.6) is 0 Å². The number of hydrogen-bond acceptors (Lipinski definition) is 4. The molecule has 124 valence electrons. The Hall–Kier alpha value is -2.02. The Morgan fingerprint density at radius 1 is 1.00 bits per heavy atom. The molecule has 0 amide bonds. The summed E-state index contributed by atoms with van der Waals surface area (Å²) in [7, 11) is -3.91. The average Bonchev–Trinajstić information content (AvgIpc) is 2.85. The topological polar surface area (TPSA) is 78.0 Å². The second-order valence-corrected chi connectivity index (χ2v) is 7.75. The highest BCUT2D eigenvalue weighted by atomic mass is 35.5.